The average Bonchev–Trinajstić information content (AvgIpc) is 2.37. The summed E-state index contributed by atoms with van der Waals surface area (Å²) >= 11 is 0. The van der Waals surface area contributed by atoms with Gasteiger partial charge in [-0.15, -0.1) is 0 Å². The highest BCUT2D eigenvalue weighted by Crippen LogP contribution is 2.23. The minimum atomic E-state index is -0.163. The quantitative estimate of drug-likeness (QED) is 0.666. The molecule has 1 aromatic rings. The molecule has 0 aromatic heterocycles. The van der Waals surface area contributed by atoms with E-state index in [-0.39, 0.29) is 16.9 Å². The minimum Gasteiger partial charge on any atom is -0.351 e. The maximum Gasteiger partial charge on any atom is 0.220 e. The molecule has 0 spiro atoms. The molecule has 1 aromatic carbocycles. The van der Waals surface area contributed by atoms with Gasteiger partial charge in [-0.2, -0.15) is 0 Å². The summed E-state index contributed by atoms with van der Waals surface area (Å²) in [7, 11) is 0. The third-order valence-corrected chi connectivity index (χ3v) is 4.17. The van der Waals surface area contributed by atoms with Gasteiger partial charge in [-0.05, 0) is 55.6 Å². The topological polar surface area (TPSA) is 29.1 Å². The van der Waals surface area contributed by atoms with Gasteiger partial charge in [0.05, 0.1) is 0 Å². The Balaban J connectivity index is 2.52. The maximum absolute atomic E-state index is 12.2. The first-order valence-electron chi connectivity index (χ1n) is 9.39. The molecular formula is C22H37NO. The van der Waals surface area contributed by atoms with E-state index >= 15 is 0 Å². The Hall–Kier alpha value is -1.31. The maximum atomic E-state index is 12.2. The fourth-order valence-corrected chi connectivity index (χ4v) is 3.43. The van der Waals surface area contributed by atoms with Gasteiger partial charge in [-0.25, -0.2) is 0 Å². The molecule has 1 N–H and O–H groups in total. The lowest BCUT2D eigenvalue weighted by Crippen LogP contribution is -2.45. The van der Waals surface area contributed by atoms with Gasteiger partial charge >= 0.3 is 0 Å². The lowest BCUT2D eigenvalue weighted by atomic mass is 9.86. The predicted molar refractivity (Wildman–Crippen MR) is 104 cm³/mol. The molecule has 136 valence electrons. The van der Waals surface area contributed by atoms with Crippen LogP contribution in [-0.4, -0.2) is 11.4 Å². The van der Waals surface area contributed by atoms with E-state index in [9.17, 15) is 4.79 Å². The van der Waals surface area contributed by atoms with E-state index in [1.54, 1.807) is 0 Å². The SMILES string of the molecule is CCCc1ccc(CC(C)CC(C)(C)NC(=O)CC(C)(C)C)cc1. The molecule has 1 rings (SSSR count). The van der Waals surface area contributed by atoms with Crippen molar-refractivity contribution >= 4 is 5.91 Å². The third kappa shape index (κ3) is 8.52. The fourth-order valence-electron chi connectivity index (χ4n) is 3.43. The van der Waals surface area contributed by atoms with Crippen molar-refractivity contribution in [2.75, 3.05) is 0 Å². The van der Waals surface area contributed by atoms with Gasteiger partial charge in [-0.3, -0.25) is 4.79 Å². The van der Waals surface area contributed by atoms with Crippen molar-refractivity contribution in [1.82, 2.24) is 5.32 Å². The number of hydrogen-bond donors (Lipinski definition) is 1. The highest BCUT2D eigenvalue weighted by atomic mass is 16.1. The highest BCUT2D eigenvalue weighted by molar-refractivity contribution is 5.77. The Morgan fingerprint density at radius 2 is 1.58 bits per heavy atom. The molecule has 2 nitrogen and oxygen atoms in total. The van der Waals surface area contributed by atoms with Crippen molar-refractivity contribution in [1.29, 1.82) is 0 Å². The second-order valence-electron chi connectivity index (χ2n) is 9.25. The van der Waals surface area contributed by atoms with Crippen LogP contribution in [0.2, 0.25) is 0 Å². The number of nitrogens with one attached hydrogen (secondary N) is 1. The van der Waals surface area contributed by atoms with Gasteiger partial charge < -0.3 is 5.32 Å². The first-order valence-corrected chi connectivity index (χ1v) is 9.39. The molecule has 0 bridgehead atoms. The standard InChI is InChI=1S/C22H37NO/c1-8-9-18-10-12-19(13-11-18)14-17(2)15-22(6,7)23-20(24)16-21(3,4)5/h10-13,17H,8-9,14-16H2,1-7H3,(H,23,24). The Kier molecular flexibility index (Phi) is 7.51. The van der Waals surface area contributed by atoms with Crippen LogP contribution in [0.15, 0.2) is 24.3 Å². The highest BCUT2D eigenvalue weighted by Gasteiger charge is 2.25. The molecule has 2 heteroatoms. The molecule has 1 atom stereocenters. The molecule has 0 aliphatic carbocycles. The summed E-state index contributed by atoms with van der Waals surface area (Å²) < 4.78 is 0. The van der Waals surface area contributed by atoms with Crippen LogP contribution in [0.25, 0.3) is 0 Å². The van der Waals surface area contributed by atoms with Crippen molar-refractivity contribution < 1.29 is 4.79 Å². The molecular weight excluding hydrogens is 294 g/mol. The first-order chi connectivity index (χ1) is 11.0. The second-order valence-corrected chi connectivity index (χ2v) is 9.25. The van der Waals surface area contributed by atoms with E-state index in [1.165, 1.54) is 17.5 Å². The Bertz CT molecular complexity index is 508. The summed E-state index contributed by atoms with van der Waals surface area (Å²) in [4.78, 5) is 12.2. The van der Waals surface area contributed by atoms with E-state index in [2.05, 4.69) is 78.0 Å². The van der Waals surface area contributed by atoms with Gasteiger partial charge in [0.1, 0.15) is 0 Å². The van der Waals surface area contributed by atoms with Crippen LogP contribution < -0.4 is 5.32 Å². The van der Waals surface area contributed by atoms with Gasteiger partial charge in [0.2, 0.25) is 5.91 Å². The van der Waals surface area contributed by atoms with Crippen molar-refractivity contribution in [2.24, 2.45) is 11.3 Å². The normalized spacial score (nSPS) is 13.6. The number of carbonyl (C=O) groups excluding carboxylic acids is 1. The van der Waals surface area contributed by atoms with E-state index in [0.29, 0.717) is 12.3 Å². The molecule has 1 unspecified atom stereocenters. The number of amides is 1. The molecule has 0 radical (unpaired) electrons. The Morgan fingerprint density at radius 1 is 1.04 bits per heavy atom. The summed E-state index contributed by atoms with van der Waals surface area (Å²) in [5.74, 6) is 0.690. The van der Waals surface area contributed by atoms with Crippen LogP contribution in [-0.2, 0) is 17.6 Å². The lowest BCUT2D eigenvalue weighted by molar-refractivity contribution is -0.124. The first kappa shape index (κ1) is 20.7. The van der Waals surface area contributed by atoms with Gasteiger partial charge in [0.25, 0.3) is 0 Å². The smallest absolute Gasteiger partial charge is 0.220 e. The summed E-state index contributed by atoms with van der Waals surface area (Å²) in [5, 5.41) is 3.22. The van der Waals surface area contributed by atoms with Gasteiger partial charge in [0, 0.05) is 12.0 Å². The van der Waals surface area contributed by atoms with E-state index in [4.69, 9.17) is 0 Å². The van der Waals surface area contributed by atoms with Crippen LogP contribution >= 0.6 is 0 Å². The number of benzene rings is 1. The Labute approximate surface area is 149 Å². The van der Waals surface area contributed by atoms with Crippen LogP contribution in [0, 0.1) is 11.3 Å². The van der Waals surface area contributed by atoms with Crippen molar-refractivity contribution in [3.8, 4) is 0 Å². The molecule has 0 saturated carbocycles. The molecule has 24 heavy (non-hydrogen) atoms. The third-order valence-electron chi connectivity index (χ3n) is 4.17. The molecule has 0 aliphatic heterocycles. The molecule has 0 saturated heterocycles. The number of carbonyl (C=O) groups is 1. The van der Waals surface area contributed by atoms with Crippen LogP contribution in [0.1, 0.15) is 78.9 Å². The lowest BCUT2D eigenvalue weighted by Gasteiger charge is -2.31. The van der Waals surface area contributed by atoms with E-state index in [0.717, 1.165) is 19.3 Å². The largest absolute Gasteiger partial charge is 0.351 e. The van der Waals surface area contributed by atoms with Crippen molar-refractivity contribution in [3.63, 3.8) is 0 Å². The molecule has 0 heterocycles. The zero-order valence-corrected chi connectivity index (χ0v) is 16.8. The monoisotopic (exact) mass is 331 g/mol. The molecule has 0 aliphatic rings. The van der Waals surface area contributed by atoms with Crippen LogP contribution in [0.4, 0.5) is 0 Å². The second kappa shape index (κ2) is 8.69. The number of aryl methyl sites for hydroxylation is 1. The fraction of sp³-hybridized carbons (Fsp3) is 0.682. The van der Waals surface area contributed by atoms with Crippen LogP contribution in [0.5, 0.6) is 0 Å². The predicted octanol–water partition coefficient (Wildman–Crippen LogP) is 5.54. The van der Waals surface area contributed by atoms with Gasteiger partial charge in [-0.1, -0.05) is 65.3 Å². The number of rotatable bonds is 8. The van der Waals surface area contributed by atoms with Crippen molar-refractivity contribution in [3.05, 3.63) is 35.4 Å². The summed E-state index contributed by atoms with van der Waals surface area (Å²) in [5.41, 5.74) is 2.68. The zero-order chi connectivity index (χ0) is 18.4. The molecule has 0 fully saturated rings. The minimum absolute atomic E-state index is 0.0337. The summed E-state index contributed by atoms with van der Waals surface area (Å²) in [6, 6.07) is 9.02. The van der Waals surface area contributed by atoms with Crippen molar-refractivity contribution in [2.45, 2.75) is 86.1 Å². The van der Waals surface area contributed by atoms with E-state index < -0.39 is 0 Å². The molecule has 1 amide bonds. The van der Waals surface area contributed by atoms with E-state index in [1.807, 2.05) is 0 Å². The zero-order valence-electron chi connectivity index (χ0n) is 16.8. The summed E-state index contributed by atoms with van der Waals surface area (Å²) in [6.45, 7) is 15.1. The van der Waals surface area contributed by atoms with Crippen LogP contribution in [0.3, 0.4) is 0 Å². The average molecular weight is 332 g/mol. The number of hydrogen-bond acceptors (Lipinski definition) is 1. The Morgan fingerprint density at radius 3 is 2.08 bits per heavy atom. The summed E-state index contributed by atoms with van der Waals surface area (Å²) in [6.07, 6.45) is 4.97. The van der Waals surface area contributed by atoms with Gasteiger partial charge in [0.15, 0.2) is 0 Å².